The molecule has 1 aromatic carbocycles. The molecule has 1 N–H and O–H groups in total. The van der Waals surface area contributed by atoms with E-state index in [4.69, 9.17) is 4.42 Å². The molecule has 3 nitrogen and oxygen atoms in total. The minimum atomic E-state index is 0.247. The van der Waals surface area contributed by atoms with Crippen LogP contribution in [0.15, 0.2) is 34.7 Å². The van der Waals surface area contributed by atoms with Gasteiger partial charge in [0.2, 0.25) is 0 Å². The summed E-state index contributed by atoms with van der Waals surface area (Å²) in [6.45, 7) is 7.48. The van der Waals surface area contributed by atoms with Gasteiger partial charge in [0, 0.05) is 11.9 Å². The summed E-state index contributed by atoms with van der Waals surface area (Å²) in [7, 11) is 1.99. The minimum absolute atomic E-state index is 0.247. The van der Waals surface area contributed by atoms with Crippen molar-refractivity contribution < 1.29 is 4.42 Å². The highest BCUT2D eigenvalue weighted by molar-refractivity contribution is 5.77. The molecule has 0 radical (unpaired) electrons. The van der Waals surface area contributed by atoms with E-state index in [2.05, 4.69) is 36.2 Å². The summed E-state index contributed by atoms with van der Waals surface area (Å²) >= 11 is 0. The van der Waals surface area contributed by atoms with E-state index < -0.39 is 0 Å². The Bertz CT molecular complexity index is 455. The summed E-state index contributed by atoms with van der Waals surface area (Å²) in [5.41, 5.74) is 0.965. The maximum atomic E-state index is 5.92. The number of hydrogen-bond donors (Lipinski definition) is 1. The Balaban J connectivity index is 2.21. The largest absolute Gasteiger partial charge is 0.459 e. The molecule has 0 aliphatic carbocycles. The Hall–Kier alpha value is -1.32. The molecule has 0 spiro atoms. The van der Waals surface area contributed by atoms with Crippen LogP contribution in [0.3, 0.4) is 0 Å². The first-order chi connectivity index (χ1) is 8.78. The highest BCUT2D eigenvalue weighted by Gasteiger charge is 2.16. The number of fused-ring (bicyclic) bond motifs is 1. The lowest BCUT2D eigenvalue weighted by Crippen LogP contribution is -2.33. The van der Waals surface area contributed by atoms with Gasteiger partial charge in [-0.1, -0.05) is 32.0 Å². The fourth-order valence-corrected chi connectivity index (χ4v) is 2.24. The number of nitrogens with one attached hydrogen (secondary N) is 1. The number of likely N-dealkylation sites (N-methyl/N-ethyl adjacent to an activating group) is 2. The molecule has 0 fully saturated rings. The minimum Gasteiger partial charge on any atom is -0.459 e. The van der Waals surface area contributed by atoms with E-state index in [9.17, 15) is 0 Å². The summed E-state index contributed by atoms with van der Waals surface area (Å²) in [6.07, 6.45) is 0. The zero-order valence-electron chi connectivity index (χ0n) is 11.4. The van der Waals surface area contributed by atoms with Crippen molar-refractivity contribution >= 4 is 11.0 Å². The highest BCUT2D eigenvalue weighted by atomic mass is 16.3. The van der Waals surface area contributed by atoms with Crippen molar-refractivity contribution in [3.05, 3.63) is 36.1 Å². The number of nitrogens with zero attached hydrogens (tertiary/aromatic N) is 1. The third-order valence-electron chi connectivity index (χ3n) is 3.47. The average molecular weight is 246 g/mol. The lowest BCUT2D eigenvalue weighted by Gasteiger charge is -2.23. The Kier molecular flexibility index (Phi) is 4.39. The van der Waals surface area contributed by atoms with E-state index in [1.807, 2.05) is 25.2 Å². The summed E-state index contributed by atoms with van der Waals surface area (Å²) in [6, 6.07) is 10.5. The molecular weight excluding hydrogens is 224 g/mol. The van der Waals surface area contributed by atoms with Crippen molar-refractivity contribution in [2.75, 3.05) is 26.7 Å². The second-order valence-corrected chi connectivity index (χ2v) is 4.51. The summed E-state index contributed by atoms with van der Waals surface area (Å²) in [5, 5.41) is 4.52. The van der Waals surface area contributed by atoms with Gasteiger partial charge in [0.05, 0.1) is 6.04 Å². The van der Waals surface area contributed by atoms with Gasteiger partial charge in [-0.2, -0.15) is 0 Å². The molecule has 1 heterocycles. The van der Waals surface area contributed by atoms with Gasteiger partial charge in [-0.25, -0.2) is 0 Å². The van der Waals surface area contributed by atoms with Crippen molar-refractivity contribution in [3.63, 3.8) is 0 Å². The van der Waals surface area contributed by atoms with E-state index in [0.717, 1.165) is 31.0 Å². The van der Waals surface area contributed by atoms with Crippen LogP contribution in [0, 0.1) is 0 Å². The third-order valence-corrected chi connectivity index (χ3v) is 3.47. The predicted molar refractivity (Wildman–Crippen MR) is 75.8 cm³/mol. The number of benzene rings is 1. The lowest BCUT2D eigenvalue weighted by molar-refractivity contribution is 0.257. The van der Waals surface area contributed by atoms with Gasteiger partial charge in [0.25, 0.3) is 0 Å². The van der Waals surface area contributed by atoms with Crippen LogP contribution in [-0.4, -0.2) is 31.6 Å². The molecule has 2 rings (SSSR count). The molecule has 98 valence electrons. The maximum Gasteiger partial charge on any atom is 0.134 e. The highest BCUT2D eigenvalue weighted by Crippen LogP contribution is 2.24. The first-order valence-corrected chi connectivity index (χ1v) is 6.66. The molecule has 2 aromatic rings. The molecule has 0 saturated carbocycles. The quantitative estimate of drug-likeness (QED) is 0.849. The van der Waals surface area contributed by atoms with Crippen molar-refractivity contribution in [3.8, 4) is 0 Å². The smallest absolute Gasteiger partial charge is 0.134 e. The zero-order chi connectivity index (χ0) is 13.0. The summed E-state index contributed by atoms with van der Waals surface area (Å²) in [4.78, 5) is 2.40. The fraction of sp³-hybridized carbons (Fsp3) is 0.467. The van der Waals surface area contributed by atoms with Crippen LogP contribution in [0.2, 0.25) is 0 Å². The van der Waals surface area contributed by atoms with Crippen molar-refractivity contribution in [1.29, 1.82) is 0 Å². The molecule has 0 bridgehead atoms. The van der Waals surface area contributed by atoms with Gasteiger partial charge >= 0.3 is 0 Å². The Labute approximate surface area is 109 Å². The monoisotopic (exact) mass is 246 g/mol. The molecular formula is C15H22N2O. The van der Waals surface area contributed by atoms with Gasteiger partial charge in [0.15, 0.2) is 0 Å². The fourth-order valence-electron chi connectivity index (χ4n) is 2.24. The number of hydrogen-bond acceptors (Lipinski definition) is 3. The number of rotatable bonds is 6. The van der Waals surface area contributed by atoms with Crippen molar-refractivity contribution in [1.82, 2.24) is 10.2 Å². The lowest BCUT2D eigenvalue weighted by atomic mass is 10.2. The van der Waals surface area contributed by atoms with E-state index in [0.29, 0.717) is 0 Å². The number of para-hydroxylation sites is 1. The first kappa shape index (κ1) is 13.1. The van der Waals surface area contributed by atoms with Crippen LogP contribution in [0.4, 0.5) is 0 Å². The molecule has 0 aliphatic rings. The average Bonchev–Trinajstić information content (AvgIpc) is 2.84. The van der Waals surface area contributed by atoms with Gasteiger partial charge < -0.3 is 14.6 Å². The Morgan fingerprint density at radius 1 is 1.22 bits per heavy atom. The molecule has 0 amide bonds. The van der Waals surface area contributed by atoms with E-state index in [1.165, 1.54) is 5.39 Å². The Morgan fingerprint density at radius 2 is 1.94 bits per heavy atom. The first-order valence-electron chi connectivity index (χ1n) is 6.66. The van der Waals surface area contributed by atoms with Crippen LogP contribution in [0.5, 0.6) is 0 Å². The van der Waals surface area contributed by atoms with Crippen LogP contribution in [0.1, 0.15) is 25.6 Å². The number of furan rings is 1. The SMILES string of the molecule is CCN(CC)CC(NC)c1cc2ccccc2o1. The van der Waals surface area contributed by atoms with E-state index >= 15 is 0 Å². The predicted octanol–water partition coefficient (Wildman–Crippen LogP) is 3.04. The van der Waals surface area contributed by atoms with E-state index in [1.54, 1.807) is 0 Å². The third kappa shape index (κ3) is 2.74. The van der Waals surface area contributed by atoms with Crippen molar-refractivity contribution in [2.45, 2.75) is 19.9 Å². The van der Waals surface area contributed by atoms with Crippen LogP contribution < -0.4 is 5.32 Å². The zero-order valence-corrected chi connectivity index (χ0v) is 11.4. The Morgan fingerprint density at radius 3 is 2.56 bits per heavy atom. The molecule has 1 aromatic heterocycles. The van der Waals surface area contributed by atoms with Crippen LogP contribution in [-0.2, 0) is 0 Å². The summed E-state index contributed by atoms with van der Waals surface area (Å²) < 4.78 is 5.92. The molecule has 3 heteroatoms. The second-order valence-electron chi connectivity index (χ2n) is 4.51. The molecule has 0 aliphatic heterocycles. The van der Waals surface area contributed by atoms with Crippen LogP contribution in [0.25, 0.3) is 11.0 Å². The standard InChI is InChI=1S/C15H22N2O/c1-4-17(5-2)11-13(16-3)15-10-12-8-6-7-9-14(12)18-15/h6-10,13,16H,4-5,11H2,1-3H3. The second kappa shape index (κ2) is 6.03. The van der Waals surface area contributed by atoms with Gasteiger partial charge in [-0.15, -0.1) is 0 Å². The van der Waals surface area contributed by atoms with Gasteiger partial charge in [0.1, 0.15) is 11.3 Å². The topological polar surface area (TPSA) is 28.4 Å². The normalized spacial score (nSPS) is 13.3. The van der Waals surface area contributed by atoms with Crippen molar-refractivity contribution in [2.24, 2.45) is 0 Å². The van der Waals surface area contributed by atoms with Gasteiger partial charge in [-0.05, 0) is 32.3 Å². The van der Waals surface area contributed by atoms with Crippen LogP contribution >= 0.6 is 0 Å². The molecule has 1 unspecified atom stereocenters. The molecule has 1 atom stereocenters. The maximum absolute atomic E-state index is 5.92. The van der Waals surface area contributed by atoms with E-state index in [-0.39, 0.29) is 6.04 Å². The molecule has 18 heavy (non-hydrogen) atoms. The molecule has 0 saturated heterocycles. The van der Waals surface area contributed by atoms with Gasteiger partial charge in [-0.3, -0.25) is 0 Å². The summed E-state index contributed by atoms with van der Waals surface area (Å²) in [5.74, 6) is 1.02.